The van der Waals surface area contributed by atoms with Crippen molar-refractivity contribution in [1.82, 2.24) is 0 Å². The summed E-state index contributed by atoms with van der Waals surface area (Å²) in [4.78, 5) is 12.6. The zero-order chi connectivity index (χ0) is 25.9. The Bertz CT molecular complexity index is 1080. The Hall–Kier alpha value is -2.40. The maximum absolute atomic E-state index is 14.7. The van der Waals surface area contributed by atoms with E-state index in [0.29, 0.717) is 6.42 Å². The van der Waals surface area contributed by atoms with E-state index in [0.717, 1.165) is 6.07 Å². The van der Waals surface area contributed by atoms with Crippen LogP contribution in [0.25, 0.3) is 0 Å². The van der Waals surface area contributed by atoms with Gasteiger partial charge in [0.1, 0.15) is 0 Å². The molecule has 0 aliphatic rings. The van der Waals surface area contributed by atoms with Gasteiger partial charge in [0.25, 0.3) is 5.91 Å². The fourth-order valence-electron chi connectivity index (χ4n) is 2.79. The van der Waals surface area contributed by atoms with Crippen molar-refractivity contribution < 1.29 is 39.9 Å². The Balaban J connectivity index is 2.38. The van der Waals surface area contributed by atoms with Crippen LogP contribution in [0.1, 0.15) is 28.8 Å². The summed E-state index contributed by atoms with van der Waals surface area (Å²) < 4.78 is 106. The summed E-state index contributed by atoms with van der Waals surface area (Å²) in [5.41, 5.74) is -8.35. The lowest BCUT2D eigenvalue weighted by Crippen LogP contribution is -2.50. The van der Waals surface area contributed by atoms with E-state index >= 15 is 0 Å². The van der Waals surface area contributed by atoms with Crippen molar-refractivity contribution in [2.75, 3.05) is 17.2 Å². The van der Waals surface area contributed by atoms with Gasteiger partial charge < -0.3 is 10.6 Å². The van der Waals surface area contributed by atoms with Crippen molar-refractivity contribution in [2.24, 2.45) is 0 Å². The quantitative estimate of drug-likeness (QED) is 0.247. The summed E-state index contributed by atoms with van der Waals surface area (Å²) in [6.07, 6.45) is -12.0. The molecule has 0 heterocycles. The van der Waals surface area contributed by atoms with Crippen LogP contribution in [0.5, 0.6) is 0 Å². The fourth-order valence-corrected chi connectivity index (χ4v) is 4.18. The second-order valence-electron chi connectivity index (χ2n) is 6.78. The highest BCUT2D eigenvalue weighted by molar-refractivity contribution is 9.11. The van der Waals surface area contributed by atoms with Crippen molar-refractivity contribution in [1.29, 1.82) is 5.26 Å². The van der Waals surface area contributed by atoms with Gasteiger partial charge in [0.2, 0.25) is 0 Å². The second kappa shape index (κ2) is 10.5. The number of halogens is 10. The van der Waals surface area contributed by atoms with Gasteiger partial charge >= 0.3 is 18.0 Å². The molecule has 0 radical (unpaired) electrons. The molecule has 184 valence electrons. The molecule has 0 fully saturated rings. The van der Waals surface area contributed by atoms with E-state index in [9.17, 15) is 39.9 Å². The van der Waals surface area contributed by atoms with E-state index in [4.69, 9.17) is 5.26 Å². The summed E-state index contributed by atoms with van der Waals surface area (Å²) in [7, 11) is 0. The van der Waals surface area contributed by atoms with Gasteiger partial charge in [0.05, 0.1) is 23.0 Å². The number of nitriles is 1. The van der Waals surface area contributed by atoms with Gasteiger partial charge in [-0.05, 0) is 62.5 Å². The molecule has 0 saturated carbocycles. The summed E-state index contributed by atoms with van der Waals surface area (Å²) in [5.74, 6) is -2.05. The average Bonchev–Trinajstić information content (AvgIpc) is 2.72. The highest BCUT2D eigenvalue weighted by Crippen LogP contribution is 2.54. The third-order valence-electron chi connectivity index (χ3n) is 4.48. The smallest absolute Gasteiger partial charge is 0.383 e. The maximum atomic E-state index is 14.7. The number of unbranched alkanes of at least 4 members (excludes halogenated alkanes) is 1. The Kier molecular flexibility index (Phi) is 8.57. The van der Waals surface area contributed by atoms with Crippen LogP contribution in [0.3, 0.4) is 0 Å². The van der Waals surface area contributed by atoms with Gasteiger partial charge in [0.15, 0.2) is 5.82 Å². The number of benzene rings is 2. The average molecular weight is 623 g/mol. The van der Waals surface area contributed by atoms with Gasteiger partial charge in [-0.15, -0.1) is 0 Å². The Morgan fingerprint density at radius 1 is 1.00 bits per heavy atom. The van der Waals surface area contributed by atoms with E-state index in [1.165, 1.54) is 12.1 Å². The van der Waals surface area contributed by atoms with E-state index in [-0.39, 0.29) is 36.5 Å². The predicted molar refractivity (Wildman–Crippen MR) is 114 cm³/mol. The maximum Gasteiger partial charge on any atom is 0.435 e. The summed E-state index contributed by atoms with van der Waals surface area (Å²) in [6, 6.07) is 6.13. The Labute approximate surface area is 204 Å². The summed E-state index contributed by atoms with van der Waals surface area (Å²) in [6.45, 7) is 0.234. The van der Waals surface area contributed by atoms with Gasteiger partial charge in [-0.2, -0.15) is 31.6 Å². The molecule has 4 nitrogen and oxygen atoms in total. The largest absolute Gasteiger partial charge is 0.435 e. The fraction of sp³-hybridized carbons (Fsp3) is 0.300. The minimum atomic E-state index is -6.32. The molecule has 2 aromatic rings. The third kappa shape index (κ3) is 5.63. The zero-order valence-corrected chi connectivity index (χ0v) is 19.8. The molecule has 0 aromatic heterocycles. The summed E-state index contributed by atoms with van der Waals surface area (Å²) >= 11 is 5.46. The van der Waals surface area contributed by atoms with Crippen LogP contribution in [0.4, 0.5) is 46.5 Å². The highest BCUT2D eigenvalue weighted by Gasteiger charge is 2.73. The normalized spacial score (nSPS) is 12.3. The van der Waals surface area contributed by atoms with Crippen LogP contribution in [0.2, 0.25) is 0 Å². The number of rotatable bonds is 7. The van der Waals surface area contributed by atoms with Gasteiger partial charge in [0, 0.05) is 27.5 Å². The molecule has 2 aromatic carbocycles. The molecule has 0 aliphatic carbocycles. The number of hydrogen-bond donors (Lipinski definition) is 2. The predicted octanol–water partition coefficient (Wildman–Crippen LogP) is 7.61. The lowest BCUT2D eigenvalue weighted by Gasteiger charge is -2.31. The van der Waals surface area contributed by atoms with E-state index in [2.05, 4.69) is 42.5 Å². The number of nitrogens with zero attached hydrogens (tertiary/aromatic N) is 1. The Morgan fingerprint density at radius 3 is 2.06 bits per heavy atom. The van der Waals surface area contributed by atoms with Crippen LogP contribution in [-0.4, -0.2) is 24.8 Å². The molecule has 0 spiro atoms. The van der Waals surface area contributed by atoms with Crippen molar-refractivity contribution >= 4 is 49.1 Å². The van der Waals surface area contributed by atoms with E-state index in [1.807, 2.05) is 6.07 Å². The first-order valence-electron chi connectivity index (χ1n) is 9.17. The monoisotopic (exact) mass is 621 g/mol. The molecule has 14 heteroatoms. The van der Waals surface area contributed by atoms with Crippen LogP contribution >= 0.6 is 31.9 Å². The second-order valence-corrected chi connectivity index (χ2v) is 8.49. The number of anilines is 2. The first-order valence-corrected chi connectivity index (χ1v) is 10.8. The molecule has 0 saturated heterocycles. The molecule has 34 heavy (non-hydrogen) atoms. The molecular formula is C20H13Br2F8N3O. The number of carbonyl (C=O) groups is 1. The highest BCUT2D eigenvalue weighted by atomic mass is 79.9. The first kappa shape index (κ1) is 27.8. The standard InChI is InChI=1S/C20H13Br2F8N3O/c21-12-8-10(18(24,19(25,26)27)20(28,29)30)9-13(22)16(12)33-17(34)11-4-3-5-14(15(11)23)32-7-2-1-6-31/h3-5,8-9,32H,1-2,7H2,(H,33,34). The van der Waals surface area contributed by atoms with Crippen LogP contribution in [0.15, 0.2) is 39.3 Å². The van der Waals surface area contributed by atoms with Crippen LogP contribution in [-0.2, 0) is 5.67 Å². The molecule has 1 amide bonds. The summed E-state index contributed by atoms with van der Waals surface area (Å²) in [5, 5.41) is 13.4. The molecule has 0 unspecified atom stereocenters. The third-order valence-corrected chi connectivity index (χ3v) is 5.73. The number of amides is 1. The number of hydrogen-bond acceptors (Lipinski definition) is 3. The van der Waals surface area contributed by atoms with Gasteiger partial charge in [-0.1, -0.05) is 6.07 Å². The minimum Gasteiger partial charge on any atom is -0.383 e. The van der Waals surface area contributed by atoms with Gasteiger partial charge in [-0.3, -0.25) is 4.79 Å². The molecule has 2 N–H and O–H groups in total. The Morgan fingerprint density at radius 2 is 1.56 bits per heavy atom. The van der Waals surface area contributed by atoms with Crippen molar-refractivity contribution in [3.8, 4) is 6.07 Å². The number of nitrogens with one attached hydrogen (secondary N) is 2. The topological polar surface area (TPSA) is 64.9 Å². The minimum absolute atomic E-state index is 0.0587. The van der Waals surface area contributed by atoms with Crippen molar-refractivity contribution in [3.63, 3.8) is 0 Å². The van der Waals surface area contributed by atoms with Crippen molar-refractivity contribution in [2.45, 2.75) is 30.9 Å². The number of carbonyl (C=O) groups excluding carboxylic acids is 1. The molecule has 0 atom stereocenters. The van der Waals surface area contributed by atoms with Gasteiger partial charge in [-0.25, -0.2) is 8.78 Å². The lowest BCUT2D eigenvalue weighted by molar-refractivity contribution is -0.348. The number of alkyl halides is 7. The first-order chi connectivity index (χ1) is 15.6. The van der Waals surface area contributed by atoms with Crippen LogP contribution < -0.4 is 10.6 Å². The molecular weight excluding hydrogens is 610 g/mol. The van der Waals surface area contributed by atoms with E-state index in [1.54, 1.807) is 0 Å². The lowest BCUT2D eigenvalue weighted by atomic mass is 9.94. The van der Waals surface area contributed by atoms with Crippen LogP contribution in [0, 0.1) is 17.1 Å². The zero-order valence-electron chi connectivity index (χ0n) is 16.6. The van der Waals surface area contributed by atoms with E-state index < -0.39 is 49.8 Å². The molecule has 0 aliphatic heterocycles. The molecule has 2 rings (SSSR count). The van der Waals surface area contributed by atoms with Crippen molar-refractivity contribution in [3.05, 3.63) is 56.2 Å². The SMILES string of the molecule is N#CCCCNc1cccc(C(=O)Nc2c(Br)cc(C(F)(C(F)(F)F)C(F)(F)F)cc2Br)c1F. The molecule has 0 bridgehead atoms.